The van der Waals surface area contributed by atoms with Crippen molar-refractivity contribution in [3.8, 4) is 5.75 Å². The van der Waals surface area contributed by atoms with E-state index in [1.165, 1.54) is 0 Å². The Balaban J connectivity index is 0.00000242. The molecule has 1 saturated heterocycles. The molecule has 1 N–H and O–H groups in total. The molecule has 0 bridgehead atoms. The first-order valence-electron chi connectivity index (χ1n) is 7.90. The smallest absolute Gasteiger partial charge is 0.222 e. The van der Waals surface area contributed by atoms with Crippen LogP contribution in [0, 0.1) is 0 Å². The number of rotatable bonds is 6. The van der Waals surface area contributed by atoms with Crippen molar-refractivity contribution < 1.29 is 9.53 Å². The first kappa shape index (κ1) is 18.8. The topological polar surface area (TPSA) is 41.6 Å². The molecule has 1 fully saturated rings. The van der Waals surface area contributed by atoms with Crippen LogP contribution in [0.2, 0.25) is 0 Å². The summed E-state index contributed by atoms with van der Waals surface area (Å²) in [5.41, 5.74) is 1.12. The Hall–Kier alpha value is -1.26. The minimum Gasteiger partial charge on any atom is -0.494 e. The van der Waals surface area contributed by atoms with Crippen LogP contribution in [0.25, 0.3) is 0 Å². The first-order chi connectivity index (χ1) is 10.2. The molecule has 1 unspecified atom stereocenters. The first-order valence-corrected chi connectivity index (χ1v) is 7.90. The minimum atomic E-state index is 0. The summed E-state index contributed by atoms with van der Waals surface area (Å²) in [6, 6.07) is 8.43. The molecule has 1 aromatic carbocycles. The van der Waals surface area contributed by atoms with E-state index in [9.17, 15) is 4.79 Å². The molecule has 1 amide bonds. The summed E-state index contributed by atoms with van der Waals surface area (Å²) in [4.78, 5) is 14.4. The summed E-state index contributed by atoms with van der Waals surface area (Å²) in [5, 5.41) is 3.27. The molecule has 1 aromatic rings. The highest BCUT2D eigenvalue weighted by Gasteiger charge is 2.22. The van der Waals surface area contributed by atoms with E-state index in [-0.39, 0.29) is 18.3 Å². The van der Waals surface area contributed by atoms with E-state index in [4.69, 9.17) is 4.74 Å². The largest absolute Gasteiger partial charge is 0.494 e. The van der Waals surface area contributed by atoms with Crippen LogP contribution in [-0.2, 0) is 11.2 Å². The fourth-order valence-electron chi connectivity index (χ4n) is 2.85. The third kappa shape index (κ3) is 5.18. The van der Waals surface area contributed by atoms with E-state index in [2.05, 4.69) is 5.32 Å². The predicted octanol–water partition coefficient (Wildman–Crippen LogP) is 2.65. The van der Waals surface area contributed by atoms with E-state index in [0.29, 0.717) is 19.1 Å². The number of piperidine rings is 1. The molecule has 1 aliphatic rings. The second-order valence-corrected chi connectivity index (χ2v) is 5.51. The average Bonchev–Trinajstić information content (AvgIpc) is 2.54. The summed E-state index contributed by atoms with van der Waals surface area (Å²) in [6.07, 6.45) is 3.55. The molecule has 1 aliphatic heterocycles. The Morgan fingerprint density at radius 3 is 2.91 bits per heavy atom. The quantitative estimate of drug-likeness (QED) is 0.874. The van der Waals surface area contributed by atoms with Crippen molar-refractivity contribution in [2.75, 3.05) is 26.7 Å². The molecule has 5 heteroatoms. The minimum absolute atomic E-state index is 0. The number of para-hydroxylation sites is 1. The predicted molar refractivity (Wildman–Crippen MR) is 91.8 cm³/mol. The lowest BCUT2D eigenvalue weighted by Crippen LogP contribution is -2.47. The summed E-state index contributed by atoms with van der Waals surface area (Å²) in [5.74, 6) is 1.15. The molecule has 1 atom stereocenters. The second kappa shape index (κ2) is 9.70. The van der Waals surface area contributed by atoms with E-state index in [0.717, 1.165) is 43.7 Å². The molecule has 22 heavy (non-hydrogen) atoms. The van der Waals surface area contributed by atoms with Crippen LogP contribution >= 0.6 is 12.4 Å². The highest BCUT2D eigenvalue weighted by atomic mass is 35.5. The van der Waals surface area contributed by atoms with Crippen LogP contribution < -0.4 is 10.1 Å². The molecule has 1 heterocycles. The standard InChI is InChI=1S/C17H26N2O2.ClH/c1-3-21-16-9-5-4-7-14(16)10-11-17(20)19-12-6-8-15(13-19)18-2;/h4-5,7,9,15,18H,3,6,8,10-13H2,1-2H3;1H. The zero-order valence-corrected chi connectivity index (χ0v) is 14.3. The number of ether oxygens (including phenoxy) is 1. The van der Waals surface area contributed by atoms with Crippen molar-refractivity contribution in [1.82, 2.24) is 10.2 Å². The summed E-state index contributed by atoms with van der Waals surface area (Å²) in [6.45, 7) is 4.36. The maximum atomic E-state index is 12.4. The van der Waals surface area contributed by atoms with Crippen LogP contribution in [0.5, 0.6) is 5.75 Å². The Morgan fingerprint density at radius 2 is 2.18 bits per heavy atom. The third-order valence-electron chi connectivity index (χ3n) is 4.06. The number of benzene rings is 1. The van der Waals surface area contributed by atoms with Gasteiger partial charge in [0.15, 0.2) is 0 Å². The third-order valence-corrected chi connectivity index (χ3v) is 4.06. The Bertz CT molecular complexity index is 468. The lowest BCUT2D eigenvalue weighted by molar-refractivity contribution is -0.132. The Morgan fingerprint density at radius 1 is 1.41 bits per heavy atom. The average molecular weight is 327 g/mol. The molecule has 0 radical (unpaired) electrons. The molecular formula is C17H27ClN2O2. The molecule has 4 nitrogen and oxygen atoms in total. The summed E-state index contributed by atoms with van der Waals surface area (Å²) >= 11 is 0. The zero-order chi connectivity index (χ0) is 15.1. The van der Waals surface area contributed by atoms with Gasteiger partial charge in [0.25, 0.3) is 0 Å². The van der Waals surface area contributed by atoms with Gasteiger partial charge in [-0.25, -0.2) is 0 Å². The number of carbonyl (C=O) groups excluding carboxylic acids is 1. The number of nitrogens with one attached hydrogen (secondary N) is 1. The van der Waals surface area contributed by atoms with E-state index < -0.39 is 0 Å². The van der Waals surface area contributed by atoms with Crippen LogP contribution in [0.1, 0.15) is 31.7 Å². The number of halogens is 1. The van der Waals surface area contributed by atoms with Gasteiger partial charge >= 0.3 is 0 Å². The number of likely N-dealkylation sites (tertiary alicyclic amines) is 1. The molecule has 0 aromatic heterocycles. The van der Waals surface area contributed by atoms with E-state index in [1.807, 2.05) is 43.1 Å². The summed E-state index contributed by atoms with van der Waals surface area (Å²) < 4.78 is 5.61. The molecule has 124 valence electrons. The lowest BCUT2D eigenvalue weighted by atomic mass is 10.0. The molecule has 0 saturated carbocycles. The molecular weight excluding hydrogens is 300 g/mol. The number of amides is 1. The van der Waals surface area contributed by atoms with E-state index >= 15 is 0 Å². The number of likely N-dealkylation sites (N-methyl/N-ethyl adjacent to an activating group) is 1. The van der Waals surface area contributed by atoms with Gasteiger partial charge in [0, 0.05) is 25.6 Å². The number of hydrogen-bond acceptors (Lipinski definition) is 3. The van der Waals surface area contributed by atoms with Gasteiger partial charge in [-0.3, -0.25) is 4.79 Å². The van der Waals surface area contributed by atoms with Gasteiger partial charge in [-0.2, -0.15) is 0 Å². The SMILES string of the molecule is CCOc1ccccc1CCC(=O)N1CCCC(NC)C1.Cl. The van der Waals surface area contributed by atoms with Crippen LogP contribution in [0.4, 0.5) is 0 Å². The van der Waals surface area contributed by atoms with Crippen molar-refractivity contribution in [3.63, 3.8) is 0 Å². The lowest BCUT2D eigenvalue weighted by Gasteiger charge is -2.32. The van der Waals surface area contributed by atoms with Crippen molar-refractivity contribution >= 4 is 18.3 Å². The molecule has 0 spiro atoms. The fourth-order valence-corrected chi connectivity index (χ4v) is 2.85. The van der Waals surface area contributed by atoms with Crippen molar-refractivity contribution in [1.29, 1.82) is 0 Å². The van der Waals surface area contributed by atoms with Gasteiger partial charge in [0.2, 0.25) is 5.91 Å². The molecule has 2 rings (SSSR count). The maximum absolute atomic E-state index is 12.4. The number of carbonyl (C=O) groups is 1. The normalized spacial score (nSPS) is 17.7. The van der Waals surface area contributed by atoms with Crippen molar-refractivity contribution in [2.24, 2.45) is 0 Å². The molecule has 0 aliphatic carbocycles. The maximum Gasteiger partial charge on any atom is 0.222 e. The highest BCUT2D eigenvalue weighted by molar-refractivity contribution is 5.85. The number of aryl methyl sites for hydroxylation is 1. The van der Waals surface area contributed by atoms with Crippen LogP contribution in [0.15, 0.2) is 24.3 Å². The second-order valence-electron chi connectivity index (χ2n) is 5.51. The van der Waals surface area contributed by atoms with Gasteiger partial charge in [-0.15, -0.1) is 12.4 Å². The van der Waals surface area contributed by atoms with Gasteiger partial charge in [-0.1, -0.05) is 18.2 Å². The van der Waals surface area contributed by atoms with Crippen molar-refractivity contribution in [2.45, 2.75) is 38.6 Å². The number of nitrogens with zero attached hydrogens (tertiary/aromatic N) is 1. The Labute approximate surface area is 139 Å². The van der Waals surface area contributed by atoms with E-state index in [1.54, 1.807) is 0 Å². The van der Waals surface area contributed by atoms with Crippen molar-refractivity contribution in [3.05, 3.63) is 29.8 Å². The monoisotopic (exact) mass is 326 g/mol. The Kier molecular flexibility index (Phi) is 8.28. The van der Waals surface area contributed by atoms with Gasteiger partial charge in [0.05, 0.1) is 6.61 Å². The fraction of sp³-hybridized carbons (Fsp3) is 0.588. The van der Waals surface area contributed by atoms with Gasteiger partial charge in [0.1, 0.15) is 5.75 Å². The highest BCUT2D eigenvalue weighted by Crippen LogP contribution is 2.20. The van der Waals surface area contributed by atoms with Gasteiger partial charge in [-0.05, 0) is 44.9 Å². The van der Waals surface area contributed by atoms with Gasteiger partial charge < -0.3 is 15.0 Å². The zero-order valence-electron chi connectivity index (χ0n) is 13.5. The van der Waals surface area contributed by atoms with Crippen LogP contribution in [-0.4, -0.2) is 43.6 Å². The summed E-state index contributed by atoms with van der Waals surface area (Å²) in [7, 11) is 1.97. The van der Waals surface area contributed by atoms with Crippen LogP contribution in [0.3, 0.4) is 0 Å². The number of hydrogen-bond donors (Lipinski definition) is 1.